The van der Waals surface area contributed by atoms with Crippen LogP contribution in [0.15, 0.2) is 16.7 Å². The van der Waals surface area contributed by atoms with Gasteiger partial charge in [-0.15, -0.1) is 0 Å². The maximum atomic E-state index is 10.7. The fourth-order valence-corrected chi connectivity index (χ4v) is 1.45. The van der Waals surface area contributed by atoms with Crippen molar-refractivity contribution < 1.29 is 14.3 Å². The molecule has 1 aromatic heterocycles. The number of methoxy groups -OCH3 is 1. The molecule has 76 valence electrons. The number of hydrogen-bond donors (Lipinski definition) is 0. The Balaban J connectivity index is 2.63. The molecule has 14 heavy (non-hydrogen) atoms. The van der Waals surface area contributed by atoms with Gasteiger partial charge in [-0.2, -0.15) is 0 Å². The molecule has 0 aromatic carbocycles. The van der Waals surface area contributed by atoms with Gasteiger partial charge in [0.1, 0.15) is 0 Å². The number of carbonyl (C=O) groups excluding carboxylic acids is 1. The summed E-state index contributed by atoms with van der Waals surface area (Å²) in [5.41, 5.74) is 0. The summed E-state index contributed by atoms with van der Waals surface area (Å²) in [6.07, 6.45) is 1.43. The van der Waals surface area contributed by atoms with Crippen molar-refractivity contribution in [2.45, 2.75) is 0 Å². The summed E-state index contributed by atoms with van der Waals surface area (Å²) >= 11 is 8.86. The second-order valence-electron chi connectivity index (χ2n) is 2.31. The molecule has 1 aromatic rings. The normalized spacial score (nSPS) is 9.64. The molecule has 0 aliphatic heterocycles. The van der Waals surface area contributed by atoms with E-state index in [0.29, 0.717) is 15.4 Å². The number of hydrogen-bond acceptors (Lipinski definition) is 4. The number of nitrogens with zero attached hydrogens (tertiary/aromatic N) is 1. The van der Waals surface area contributed by atoms with Gasteiger partial charge in [-0.25, -0.2) is 9.78 Å². The first kappa shape index (κ1) is 11.3. The topological polar surface area (TPSA) is 48.4 Å². The summed E-state index contributed by atoms with van der Waals surface area (Å²) in [6.45, 7) is -0.177. The van der Waals surface area contributed by atoms with E-state index >= 15 is 0 Å². The highest BCUT2D eigenvalue weighted by atomic mass is 79.9. The number of rotatable bonds is 3. The highest BCUT2D eigenvalue weighted by molar-refractivity contribution is 9.10. The van der Waals surface area contributed by atoms with Crippen molar-refractivity contribution in [1.82, 2.24) is 4.98 Å². The van der Waals surface area contributed by atoms with Crippen LogP contribution in [-0.4, -0.2) is 24.7 Å². The van der Waals surface area contributed by atoms with Gasteiger partial charge in [0.05, 0.1) is 16.6 Å². The maximum Gasteiger partial charge on any atom is 0.343 e. The molecule has 0 atom stereocenters. The lowest BCUT2D eigenvalue weighted by Crippen LogP contribution is -2.13. The van der Waals surface area contributed by atoms with Crippen LogP contribution in [0.1, 0.15) is 0 Å². The highest BCUT2D eigenvalue weighted by Crippen LogP contribution is 2.24. The maximum absolute atomic E-state index is 10.7. The lowest BCUT2D eigenvalue weighted by atomic mass is 10.5. The number of ether oxygens (including phenoxy) is 2. The van der Waals surface area contributed by atoms with E-state index in [0.717, 1.165) is 0 Å². The predicted octanol–water partition coefficient (Wildman–Crippen LogP) is 2.05. The molecule has 0 N–H and O–H groups in total. The monoisotopic (exact) mass is 279 g/mol. The fourth-order valence-electron chi connectivity index (χ4n) is 0.694. The zero-order valence-electron chi connectivity index (χ0n) is 7.29. The van der Waals surface area contributed by atoms with Gasteiger partial charge in [-0.3, -0.25) is 0 Å². The molecule has 0 saturated carbocycles. The Labute approximate surface area is 94.3 Å². The molecule has 1 heterocycles. The molecule has 4 nitrogen and oxygen atoms in total. The van der Waals surface area contributed by atoms with Crippen LogP contribution in [0.4, 0.5) is 0 Å². The second-order valence-corrected chi connectivity index (χ2v) is 3.60. The third kappa shape index (κ3) is 3.16. The van der Waals surface area contributed by atoms with E-state index in [9.17, 15) is 4.79 Å². The number of halogens is 2. The number of carbonyl (C=O) groups is 1. The van der Waals surface area contributed by atoms with E-state index in [1.807, 2.05) is 0 Å². The Hall–Kier alpha value is -0.810. The molecule has 6 heteroatoms. The van der Waals surface area contributed by atoms with Crippen molar-refractivity contribution in [1.29, 1.82) is 0 Å². The minimum absolute atomic E-state index is 0.177. The van der Waals surface area contributed by atoms with Gasteiger partial charge in [0.2, 0.25) is 5.88 Å². The smallest absolute Gasteiger partial charge is 0.343 e. The summed E-state index contributed by atoms with van der Waals surface area (Å²) < 4.78 is 10.0. The average molecular weight is 281 g/mol. The Kier molecular flexibility index (Phi) is 4.16. The van der Waals surface area contributed by atoms with Crippen LogP contribution in [0.2, 0.25) is 5.02 Å². The Morgan fingerprint density at radius 1 is 1.71 bits per heavy atom. The standard InChI is InChI=1S/C8H7BrClNO3/c1-13-7(12)4-14-8-6(9)2-5(10)3-11-8/h2-3H,4H2,1H3. The van der Waals surface area contributed by atoms with Crippen LogP contribution in [0.25, 0.3) is 0 Å². The average Bonchev–Trinajstić information content (AvgIpc) is 2.16. The Morgan fingerprint density at radius 3 is 3.00 bits per heavy atom. The first-order valence-electron chi connectivity index (χ1n) is 3.64. The van der Waals surface area contributed by atoms with Crippen LogP contribution < -0.4 is 4.74 Å². The molecule has 0 saturated heterocycles. The molecule has 1 rings (SSSR count). The van der Waals surface area contributed by atoms with Crippen LogP contribution in [0, 0.1) is 0 Å². The molecule has 0 spiro atoms. The molecule has 0 bridgehead atoms. The Bertz CT molecular complexity index is 345. The lowest BCUT2D eigenvalue weighted by Gasteiger charge is -2.05. The molecule has 0 aliphatic carbocycles. The van der Waals surface area contributed by atoms with Crippen molar-refractivity contribution in [2.75, 3.05) is 13.7 Å². The summed E-state index contributed by atoms with van der Waals surface area (Å²) in [4.78, 5) is 14.6. The van der Waals surface area contributed by atoms with Crippen molar-refractivity contribution >= 4 is 33.5 Å². The zero-order valence-corrected chi connectivity index (χ0v) is 9.63. The minimum Gasteiger partial charge on any atom is -0.466 e. The third-order valence-electron chi connectivity index (χ3n) is 1.33. The van der Waals surface area contributed by atoms with Gasteiger partial charge < -0.3 is 9.47 Å². The zero-order chi connectivity index (χ0) is 10.6. The Morgan fingerprint density at radius 2 is 2.43 bits per heavy atom. The number of pyridine rings is 1. The molecule has 0 unspecified atom stereocenters. The predicted molar refractivity (Wildman–Crippen MR) is 54.5 cm³/mol. The number of aromatic nitrogens is 1. The summed E-state index contributed by atoms with van der Waals surface area (Å²) in [6, 6.07) is 1.63. The second kappa shape index (κ2) is 5.17. The molecule has 0 fully saturated rings. The van der Waals surface area contributed by atoms with E-state index in [4.69, 9.17) is 16.3 Å². The van der Waals surface area contributed by atoms with Crippen molar-refractivity contribution in [3.63, 3.8) is 0 Å². The van der Waals surface area contributed by atoms with E-state index < -0.39 is 5.97 Å². The van der Waals surface area contributed by atoms with Gasteiger partial charge in [0, 0.05) is 6.20 Å². The van der Waals surface area contributed by atoms with E-state index in [2.05, 4.69) is 25.7 Å². The summed E-state index contributed by atoms with van der Waals surface area (Å²) in [5.74, 6) is -0.159. The van der Waals surface area contributed by atoms with Gasteiger partial charge in [0.25, 0.3) is 0 Å². The van der Waals surface area contributed by atoms with Crippen molar-refractivity contribution in [3.05, 3.63) is 21.8 Å². The van der Waals surface area contributed by atoms with E-state index in [1.165, 1.54) is 13.3 Å². The highest BCUT2D eigenvalue weighted by Gasteiger charge is 2.06. The minimum atomic E-state index is -0.464. The SMILES string of the molecule is COC(=O)COc1ncc(Cl)cc1Br. The number of esters is 1. The van der Waals surface area contributed by atoms with Crippen LogP contribution >= 0.6 is 27.5 Å². The van der Waals surface area contributed by atoms with E-state index in [-0.39, 0.29) is 6.61 Å². The largest absolute Gasteiger partial charge is 0.466 e. The van der Waals surface area contributed by atoms with Gasteiger partial charge >= 0.3 is 5.97 Å². The third-order valence-corrected chi connectivity index (χ3v) is 2.10. The van der Waals surface area contributed by atoms with Gasteiger partial charge in [0.15, 0.2) is 6.61 Å². The fraction of sp³-hybridized carbons (Fsp3) is 0.250. The summed E-state index contributed by atoms with van der Waals surface area (Å²) in [5, 5.41) is 0.488. The van der Waals surface area contributed by atoms with Crippen LogP contribution in [0.3, 0.4) is 0 Å². The van der Waals surface area contributed by atoms with E-state index in [1.54, 1.807) is 6.07 Å². The molecule has 0 aliphatic rings. The summed E-state index contributed by atoms with van der Waals surface area (Å²) in [7, 11) is 1.29. The first-order valence-corrected chi connectivity index (χ1v) is 4.81. The molecular formula is C8H7BrClNO3. The van der Waals surface area contributed by atoms with Gasteiger partial charge in [-0.1, -0.05) is 11.6 Å². The van der Waals surface area contributed by atoms with Crippen LogP contribution in [0.5, 0.6) is 5.88 Å². The molecular weight excluding hydrogens is 273 g/mol. The lowest BCUT2D eigenvalue weighted by molar-refractivity contribution is -0.143. The van der Waals surface area contributed by atoms with Gasteiger partial charge in [-0.05, 0) is 22.0 Å². The quantitative estimate of drug-likeness (QED) is 0.795. The van der Waals surface area contributed by atoms with Crippen molar-refractivity contribution in [3.8, 4) is 5.88 Å². The molecule has 0 amide bonds. The molecule has 0 radical (unpaired) electrons. The van der Waals surface area contributed by atoms with Crippen molar-refractivity contribution in [2.24, 2.45) is 0 Å². The first-order chi connectivity index (χ1) is 6.63. The van der Waals surface area contributed by atoms with Crippen LogP contribution in [-0.2, 0) is 9.53 Å².